The zero-order valence-corrected chi connectivity index (χ0v) is 21.4. The Kier molecular flexibility index (Phi) is 7.67. The number of benzene rings is 2. The number of methoxy groups -OCH3 is 1. The molecule has 0 saturated heterocycles. The molecule has 35 heavy (non-hydrogen) atoms. The van der Waals surface area contributed by atoms with Crippen LogP contribution in [0.3, 0.4) is 0 Å². The average Bonchev–Trinajstić information content (AvgIpc) is 3.11. The van der Waals surface area contributed by atoms with Gasteiger partial charge in [-0.2, -0.15) is 0 Å². The van der Waals surface area contributed by atoms with Crippen LogP contribution in [0.5, 0.6) is 11.5 Å². The van der Waals surface area contributed by atoms with Gasteiger partial charge in [0.05, 0.1) is 30.7 Å². The van der Waals surface area contributed by atoms with E-state index in [0.29, 0.717) is 46.2 Å². The lowest BCUT2D eigenvalue weighted by atomic mass is 9.98. The van der Waals surface area contributed by atoms with Crippen LogP contribution >= 0.6 is 11.6 Å². The van der Waals surface area contributed by atoms with Crippen LogP contribution in [0.25, 0.3) is 11.0 Å². The summed E-state index contributed by atoms with van der Waals surface area (Å²) >= 11 is 6.17. The van der Waals surface area contributed by atoms with E-state index in [1.165, 1.54) is 0 Å². The lowest BCUT2D eigenvalue weighted by Crippen LogP contribution is -2.32. The van der Waals surface area contributed by atoms with Crippen molar-refractivity contribution in [2.24, 2.45) is 0 Å². The summed E-state index contributed by atoms with van der Waals surface area (Å²) in [6, 6.07) is 9.83. The number of hydrogen-bond donors (Lipinski definition) is 0. The number of unbranched alkanes of at least 4 members (excludes halogenated alkanes) is 1. The largest absolute Gasteiger partial charge is 0.493 e. The number of ether oxygens (including phenoxy) is 2. The lowest BCUT2D eigenvalue weighted by Gasteiger charge is -2.26. The summed E-state index contributed by atoms with van der Waals surface area (Å²) in [5, 5.41) is 0.791. The van der Waals surface area contributed by atoms with Gasteiger partial charge in [-0.1, -0.05) is 31.0 Å². The zero-order valence-electron chi connectivity index (χ0n) is 20.6. The fourth-order valence-corrected chi connectivity index (χ4v) is 4.60. The van der Waals surface area contributed by atoms with E-state index in [1.54, 1.807) is 30.2 Å². The standard InChI is InChI=1S/C27H31ClN2O5/c1-5-6-14-34-21-10-8-17(15-22(21)33-4)24-23-25(31)19-16-18(28)9-11-20(19)35-26(23)27(32)30(24)13-7-12-29(2)3/h8-11,15-16,24H,5-7,12-14H2,1-4H3/t24-/m0/s1. The minimum absolute atomic E-state index is 0.0851. The maximum Gasteiger partial charge on any atom is 0.290 e. The molecule has 0 unspecified atom stereocenters. The minimum atomic E-state index is -0.599. The third-order valence-corrected chi connectivity index (χ3v) is 6.43. The van der Waals surface area contributed by atoms with E-state index in [2.05, 4.69) is 11.8 Å². The molecular formula is C27H31ClN2O5. The molecule has 0 saturated carbocycles. The molecule has 1 aliphatic rings. The first-order chi connectivity index (χ1) is 16.8. The fraction of sp³-hybridized carbons (Fsp3) is 0.407. The van der Waals surface area contributed by atoms with Crippen molar-refractivity contribution in [3.05, 3.63) is 68.5 Å². The molecule has 3 aromatic rings. The summed E-state index contributed by atoms with van der Waals surface area (Å²) in [5.41, 5.74) is 1.18. The lowest BCUT2D eigenvalue weighted by molar-refractivity contribution is 0.0722. The molecule has 2 heterocycles. The third-order valence-electron chi connectivity index (χ3n) is 6.19. The molecule has 2 aromatic carbocycles. The number of carbonyl (C=O) groups excluding carboxylic acids is 1. The number of hydrogen-bond acceptors (Lipinski definition) is 6. The second kappa shape index (κ2) is 10.7. The Hall–Kier alpha value is -3.03. The van der Waals surface area contributed by atoms with Gasteiger partial charge in [0.25, 0.3) is 5.91 Å². The van der Waals surface area contributed by atoms with Gasteiger partial charge in [0, 0.05) is 11.6 Å². The van der Waals surface area contributed by atoms with Crippen LogP contribution in [0.4, 0.5) is 0 Å². The minimum Gasteiger partial charge on any atom is -0.493 e. The third kappa shape index (κ3) is 5.02. The Morgan fingerprint density at radius 2 is 1.89 bits per heavy atom. The molecule has 1 atom stereocenters. The Labute approximate surface area is 210 Å². The van der Waals surface area contributed by atoms with Gasteiger partial charge in [0.2, 0.25) is 5.76 Å². The number of fused-ring (bicyclic) bond motifs is 2. The number of nitrogens with zero attached hydrogens (tertiary/aromatic N) is 2. The van der Waals surface area contributed by atoms with Crippen LogP contribution in [0.1, 0.15) is 53.9 Å². The van der Waals surface area contributed by atoms with E-state index in [1.807, 2.05) is 32.3 Å². The second-order valence-corrected chi connectivity index (χ2v) is 9.42. The van der Waals surface area contributed by atoms with Crippen LogP contribution in [0.15, 0.2) is 45.6 Å². The highest BCUT2D eigenvalue weighted by Gasteiger charge is 2.42. The topological polar surface area (TPSA) is 72.2 Å². The first-order valence-corrected chi connectivity index (χ1v) is 12.3. The molecule has 1 aromatic heterocycles. The average molecular weight is 499 g/mol. The highest BCUT2D eigenvalue weighted by molar-refractivity contribution is 6.31. The van der Waals surface area contributed by atoms with E-state index in [9.17, 15) is 9.59 Å². The van der Waals surface area contributed by atoms with Gasteiger partial charge in [0.15, 0.2) is 16.9 Å². The van der Waals surface area contributed by atoms with E-state index in [0.717, 1.165) is 31.4 Å². The van der Waals surface area contributed by atoms with Gasteiger partial charge in [-0.15, -0.1) is 0 Å². The summed E-state index contributed by atoms with van der Waals surface area (Å²) < 4.78 is 17.5. The van der Waals surface area contributed by atoms with E-state index >= 15 is 0 Å². The molecule has 4 rings (SSSR count). The molecule has 7 nitrogen and oxygen atoms in total. The number of carbonyl (C=O) groups is 1. The predicted molar refractivity (Wildman–Crippen MR) is 137 cm³/mol. The van der Waals surface area contributed by atoms with Crippen molar-refractivity contribution in [3.8, 4) is 11.5 Å². The van der Waals surface area contributed by atoms with Crippen molar-refractivity contribution < 1.29 is 18.7 Å². The Bertz CT molecular complexity index is 1290. The Morgan fingerprint density at radius 3 is 2.60 bits per heavy atom. The van der Waals surface area contributed by atoms with Crippen molar-refractivity contribution in [3.63, 3.8) is 0 Å². The van der Waals surface area contributed by atoms with Crippen LogP contribution in [0.2, 0.25) is 5.02 Å². The summed E-state index contributed by atoms with van der Waals surface area (Å²) in [4.78, 5) is 31.0. The predicted octanol–water partition coefficient (Wildman–Crippen LogP) is 5.13. The molecule has 0 radical (unpaired) electrons. The molecule has 0 fully saturated rings. The number of halogens is 1. The highest BCUT2D eigenvalue weighted by atomic mass is 35.5. The van der Waals surface area contributed by atoms with Crippen molar-refractivity contribution in [2.45, 2.75) is 32.2 Å². The van der Waals surface area contributed by atoms with Crippen molar-refractivity contribution in [1.29, 1.82) is 0 Å². The normalized spacial score (nSPS) is 15.2. The molecule has 1 aliphatic heterocycles. The Balaban J connectivity index is 1.82. The van der Waals surface area contributed by atoms with Crippen LogP contribution in [0, 0.1) is 0 Å². The first-order valence-electron chi connectivity index (χ1n) is 11.9. The first kappa shape index (κ1) is 25.1. The fourth-order valence-electron chi connectivity index (χ4n) is 4.43. The van der Waals surface area contributed by atoms with Crippen LogP contribution in [-0.2, 0) is 0 Å². The smallest absolute Gasteiger partial charge is 0.290 e. The second-order valence-electron chi connectivity index (χ2n) is 8.98. The monoisotopic (exact) mass is 498 g/mol. The van der Waals surface area contributed by atoms with Crippen LogP contribution in [-0.4, -0.2) is 56.6 Å². The SMILES string of the molecule is CCCCOc1ccc([C@H]2c3c(oc4ccc(Cl)cc4c3=O)C(=O)N2CCCN(C)C)cc1OC. The van der Waals surface area contributed by atoms with E-state index in [-0.39, 0.29) is 17.1 Å². The molecule has 0 aliphatic carbocycles. The summed E-state index contributed by atoms with van der Waals surface area (Å²) in [5.74, 6) is 0.980. The van der Waals surface area contributed by atoms with Crippen molar-refractivity contribution in [2.75, 3.05) is 40.9 Å². The van der Waals surface area contributed by atoms with Gasteiger partial charge >= 0.3 is 0 Å². The molecule has 0 spiro atoms. The molecule has 1 amide bonds. The number of amides is 1. The zero-order chi connectivity index (χ0) is 25.1. The summed E-state index contributed by atoms with van der Waals surface area (Å²) in [6.07, 6.45) is 2.71. The van der Waals surface area contributed by atoms with E-state index < -0.39 is 6.04 Å². The van der Waals surface area contributed by atoms with E-state index in [4.69, 9.17) is 25.5 Å². The van der Waals surface area contributed by atoms with Gasteiger partial charge in [0.1, 0.15) is 5.58 Å². The quantitative estimate of drug-likeness (QED) is 0.361. The van der Waals surface area contributed by atoms with Gasteiger partial charge in [-0.3, -0.25) is 9.59 Å². The molecule has 186 valence electrons. The van der Waals surface area contributed by atoms with Crippen molar-refractivity contribution in [1.82, 2.24) is 9.80 Å². The number of rotatable bonds is 10. The van der Waals surface area contributed by atoms with Crippen molar-refractivity contribution >= 4 is 28.5 Å². The highest BCUT2D eigenvalue weighted by Crippen LogP contribution is 2.41. The van der Waals surface area contributed by atoms with Gasteiger partial charge < -0.3 is 23.7 Å². The summed E-state index contributed by atoms with van der Waals surface area (Å²) in [6.45, 7) is 3.97. The molecular weight excluding hydrogens is 468 g/mol. The van der Waals surface area contributed by atoms with Gasteiger partial charge in [-0.05, 0) is 69.4 Å². The van der Waals surface area contributed by atoms with Gasteiger partial charge in [-0.25, -0.2) is 0 Å². The van der Waals surface area contributed by atoms with Crippen LogP contribution < -0.4 is 14.9 Å². The summed E-state index contributed by atoms with van der Waals surface area (Å²) in [7, 11) is 5.56. The molecule has 0 bridgehead atoms. The molecule has 0 N–H and O–H groups in total. The maximum atomic E-state index is 13.7. The molecule has 8 heteroatoms. The maximum absolute atomic E-state index is 13.7. The Morgan fingerprint density at radius 1 is 1.09 bits per heavy atom.